The average molecular weight is 221 g/mol. The Morgan fingerprint density at radius 3 is 2.62 bits per heavy atom. The normalized spacial score (nSPS) is 19.2. The van der Waals surface area contributed by atoms with E-state index in [1.54, 1.807) is 18.2 Å². The molecule has 0 aromatic heterocycles. The van der Waals surface area contributed by atoms with E-state index in [2.05, 4.69) is 0 Å². The molecule has 1 heterocycles. The third-order valence-electron chi connectivity index (χ3n) is 3.22. The van der Waals surface area contributed by atoms with Crippen molar-refractivity contribution >= 4 is 5.91 Å². The molecule has 1 aliphatic heterocycles. The molecule has 0 saturated carbocycles. The van der Waals surface area contributed by atoms with E-state index in [0.717, 1.165) is 5.56 Å². The van der Waals surface area contributed by atoms with Crippen LogP contribution in [0.25, 0.3) is 0 Å². The number of rotatable bonds is 2. The highest BCUT2D eigenvalue weighted by atomic mass is 16.5. The molecule has 1 aromatic carbocycles. The quantitative estimate of drug-likeness (QED) is 0.780. The summed E-state index contributed by atoms with van der Waals surface area (Å²) in [4.78, 5) is 11.7. The van der Waals surface area contributed by atoms with Crippen molar-refractivity contribution in [2.45, 2.75) is 18.3 Å². The molecule has 3 N–H and O–H groups in total. The molecule has 4 heteroatoms. The van der Waals surface area contributed by atoms with Crippen LogP contribution < -0.4 is 5.73 Å². The minimum Gasteiger partial charge on any atom is -0.508 e. The van der Waals surface area contributed by atoms with E-state index in [1.807, 2.05) is 6.07 Å². The number of hydrogen-bond acceptors (Lipinski definition) is 3. The molecule has 0 radical (unpaired) electrons. The Morgan fingerprint density at radius 2 is 2.06 bits per heavy atom. The minimum absolute atomic E-state index is 0.157. The van der Waals surface area contributed by atoms with E-state index in [9.17, 15) is 9.90 Å². The maximum absolute atomic E-state index is 11.7. The molecular formula is C12H15NO3. The van der Waals surface area contributed by atoms with Crippen molar-refractivity contribution in [2.24, 2.45) is 5.73 Å². The van der Waals surface area contributed by atoms with Crippen LogP contribution in [0, 0.1) is 0 Å². The minimum atomic E-state index is -0.684. The Hall–Kier alpha value is -1.55. The average Bonchev–Trinajstić information content (AvgIpc) is 2.30. The zero-order valence-corrected chi connectivity index (χ0v) is 8.98. The Balaban J connectivity index is 2.42. The van der Waals surface area contributed by atoms with Gasteiger partial charge in [0.1, 0.15) is 5.75 Å². The first kappa shape index (κ1) is 11.0. The highest BCUT2D eigenvalue weighted by Gasteiger charge is 2.40. The van der Waals surface area contributed by atoms with Gasteiger partial charge >= 0.3 is 0 Å². The summed E-state index contributed by atoms with van der Waals surface area (Å²) in [5.74, 6) is -0.189. The van der Waals surface area contributed by atoms with Gasteiger partial charge in [-0.2, -0.15) is 0 Å². The van der Waals surface area contributed by atoms with Crippen molar-refractivity contribution in [1.29, 1.82) is 0 Å². The molecule has 1 aromatic rings. The number of aromatic hydroxyl groups is 1. The predicted octanol–water partition coefficient (Wildman–Crippen LogP) is 0.926. The van der Waals surface area contributed by atoms with E-state index in [0.29, 0.717) is 26.1 Å². The third-order valence-corrected chi connectivity index (χ3v) is 3.22. The molecule has 86 valence electrons. The summed E-state index contributed by atoms with van der Waals surface area (Å²) in [5.41, 5.74) is 5.61. The number of phenolic OH excluding ortho intramolecular Hbond substituents is 1. The molecule has 2 rings (SSSR count). The number of amides is 1. The van der Waals surface area contributed by atoms with Gasteiger partial charge in [0.2, 0.25) is 5.91 Å². The Morgan fingerprint density at radius 1 is 1.38 bits per heavy atom. The monoisotopic (exact) mass is 221 g/mol. The van der Waals surface area contributed by atoms with Gasteiger partial charge in [-0.15, -0.1) is 0 Å². The zero-order chi connectivity index (χ0) is 11.6. The third kappa shape index (κ3) is 1.76. The van der Waals surface area contributed by atoms with Gasteiger partial charge in [0.25, 0.3) is 0 Å². The second-order valence-corrected chi connectivity index (χ2v) is 4.11. The molecule has 0 aliphatic carbocycles. The van der Waals surface area contributed by atoms with Gasteiger partial charge in [0.15, 0.2) is 0 Å². The molecule has 1 aliphatic rings. The summed E-state index contributed by atoms with van der Waals surface area (Å²) in [5, 5.41) is 9.46. The topological polar surface area (TPSA) is 72.6 Å². The zero-order valence-electron chi connectivity index (χ0n) is 8.98. The smallest absolute Gasteiger partial charge is 0.228 e. The van der Waals surface area contributed by atoms with Crippen molar-refractivity contribution in [1.82, 2.24) is 0 Å². The van der Waals surface area contributed by atoms with Gasteiger partial charge in [0.05, 0.1) is 5.41 Å². The molecule has 0 atom stereocenters. The SMILES string of the molecule is NC(=O)C1(c2cccc(O)c2)CCOCC1. The highest BCUT2D eigenvalue weighted by molar-refractivity contribution is 5.87. The van der Waals surface area contributed by atoms with Gasteiger partial charge < -0.3 is 15.6 Å². The van der Waals surface area contributed by atoms with E-state index in [-0.39, 0.29) is 11.7 Å². The van der Waals surface area contributed by atoms with Gasteiger partial charge in [-0.25, -0.2) is 0 Å². The van der Waals surface area contributed by atoms with Gasteiger partial charge in [0, 0.05) is 13.2 Å². The maximum Gasteiger partial charge on any atom is 0.228 e. The number of hydrogen-bond donors (Lipinski definition) is 2. The summed E-state index contributed by atoms with van der Waals surface area (Å²) in [7, 11) is 0. The number of nitrogens with two attached hydrogens (primary N) is 1. The number of carbonyl (C=O) groups excluding carboxylic acids is 1. The van der Waals surface area contributed by atoms with Crippen LogP contribution in [0.1, 0.15) is 18.4 Å². The fraction of sp³-hybridized carbons (Fsp3) is 0.417. The van der Waals surface area contributed by atoms with Crippen LogP contribution in [0.15, 0.2) is 24.3 Å². The van der Waals surface area contributed by atoms with Gasteiger partial charge in [-0.05, 0) is 30.5 Å². The fourth-order valence-corrected chi connectivity index (χ4v) is 2.20. The van der Waals surface area contributed by atoms with Crippen molar-refractivity contribution < 1.29 is 14.6 Å². The van der Waals surface area contributed by atoms with Crippen LogP contribution >= 0.6 is 0 Å². The number of carbonyl (C=O) groups is 1. The Bertz CT molecular complexity index is 397. The molecule has 1 amide bonds. The van der Waals surface area contributed by atoms with Gasteiger partial charge in [-0.1, -0.05) is 12.1 Å². The molecular weight excluding hydrogens is 206 g/mol. The second kappa shape index (κ2) is 4.14. The molecule has 16 heavy (non-hydrogen) atoms. The second-order valence-electron chi connectivity index (χ2n) is 4.11. The lowest BCUT2D eigenvalue weighted by Gasteiger charge is -2.34. The first-order valence-corrected chi connectivity index (χ1v) is 5.32. The predicted molar refractivity (Wildman–Crippen MR) is 59.0 cm³/mol. The summed E-state index contributed by atoms with van der Waals surface area (Å²) in [6.07, 6.45) is 1.15. The largest absolute Gasteiger partial charge is 0.508 e. The van der Waals surface area contributed by atoms with Crippen LogP contribution in [0.2, 0.25) is 0 Å². The summed E-state index contributed by atoms with van der Waals surface area (Å²) in [6, 6.07) is 6.74. The van der Waals surface area contributed by atoms with E-state index >= 15 is 0 Å². The standard InChI is InChI=1S/C12H15NO3/c13-11(15)12(4-6-16-7-5-12)9-2-1-3-10(14)8-9/h1-3,8,14H,4-7H2,(H2,13,15). The lowest BCUT2D eigenvalue weighted by Crippen LogP contribution is -2.45. The first-order valence-electron chi connectivity index (χ1n) is 5.32. The molecule has 0 spiro atoms. The summed E-state index contributed by atoms with van der Waals surface area (Å²) in [6.45, 7) is 1.05. The highest BCUT2D eigenvalue weighted by Crippen LogP contribution is 2.35. The van der Waals surface area contributed by atoms with Gasteiger partial charge in [-0.3, -0.25) is 4.79 Å². The molecule has 0 bridgehead atoms. The van der Waals surface area contributed by atoms with Crippen LogP contribution in [-0.2, 0) is 14.9 Å². The Kier molecular flexibility index (Phi) is 2.83. The van der Waals surface area contributed by atoms with Crippen molar-refractivity contribution in [3.05, 3.63) is 29.8 Å². The summed E-state index contributed by atoms with van der Waals surface area (Å²) < 4.78 is 5.26. The number of primary amides is 1. The summed E-state index contributed by atoms with van der Waals surface area (Å²) >= 11 is 0. The van der Waals surface area contributed by atoms with Crippen molar-refractivity contribution in [3.63, 3.8) is 0 Å². The molecule has 1 fully saturated rings. The van der Waals surface area contributed by atoms with E-state index < -0.39 is 5.41 Å². The number of benzene rings is 1. The van der Waals surface area contributed by atoms with Crippen molar-refractivity contribution in [2.75, 3.05) is 13.2 Å². The molecule has 0 unspecified atom stereocenters. The van der Waals surface area contributed by atoms with Crippen LogP contribution in [0.5, 0.6) is 5.75 Å². The van der Waals surface area contributed by atoms with E-state index in [1.165, 1.54) is 0 Å². The maximum atomic E-state index is 11.7. The lowest BCUT2D eigenvalue weighted by molar-refractivity contribution is -0.127. The molecule has 1 saturated heterocycles. The Labute approximate surface area is 94.0 Å². The first-order chi connectivity index (χ1) is 7.65. The van der Waals surface area contributed by atoms with E-state index in [4.69, 9.17) is 10.5 Å². The van der Waals surface area contributed by atoms with Crippen LogP contribution in [0.3, 0.4) is 0 Å². The van der Waals surface area contributed by atoms with Crippen LogP contribution in [0.4, 0.5) is 0 Å². The van der Waals surface area contributed by atoms with Crippen molar-refractivity contribution in [3.8, 4) is 5.75 Å². The lowest BCUT2D eigenvalue weighted by atomic mass is 9.73. The fourth-order valence-electron chi connectivity index (χ4n) is 2.20. The number of ether oxygens (including phenoxy) is 1. The molecule has 4 nitrogen and oxygen atoms in total. The van der Waals surface area contributed by atoms with Crippen LogP contribution in [-0.4, -0.2) is 24.2 Å². The number of phenols is 1.